The summed E-state index contributed by atoms with van der Waals surface area (Å²) in [5.41, 5.74) is 7.32. The van der Waals surface area contributed by atoms with Gasteiger partial charge in [0.1, 0.15) is 10.7 Å². The molecule has 1 N–H and O–H groups in total. The number of halogens is 5. The highest BCUT2D eigenvalue weighted by Gasteiger charge is 2.42. The predicted octanol–water partition coefficient (Wildman–Crippen LogP) is 7.05. The lowest BCUT2D eigenvalue weighted by Crippen LogP contribution is -2.38. The Bertz CT molecular complexity index is 1550. The van der Waals surface area contributed by atoms with Gasteiger partial charge >= 0.3 is 6.18 Å². The first-order valence-electron chi connectivity index (χ1n) is 13.3. The van der Waals surface area contributed by atoms with E-state index in [1.807, 2.05) is 11.2 Å². The molecule has 0 radical (unpaired) electrons. The van der Waals surface area contributed by atoms with Crippen LogP contribution in [0.2, 0.25) is 5.02 Å². The number of anilines is 1. The number of hydrazine groups is 1. The molecule has 0 spiro atoms. The first-order valence-corrected chi connectivity index (χ1v) is 15.1. The van der Waals surface area contributed by atoms with E-state index in [2.05, 4.69) is 18.4 Å². The van der Waals surface area contributed by atoms with Crippen molar-refractivity contribution >= 4 is 27.3 Å². The van der Waals surface area contributed by atoms with Gasteiger partial charge in [-0.2, -0.15) is 17.5 Å². The van der Waals surface area contributed by atoms with Gasteiger partial charge in [0.15, 0.2) is 0 Å². The van der Waals surface area contributed by atoms with Gasteiger partial charge in [0, 0.05) is 30.8 Å². The van der Waals surface area contributed by atoms with Gasteiger partial charge in [-0.1, -0.05) is 24.1 Å². The first kappa shape index (κ1) is 27.4. The number of hydrogen-bond acceptors (Lipinski definition) is 4. The molecule has 0 aromatic heterocycles. The quantitative estimate of drug-likeness (QED) is 0.350. The normalized spacial score (nSPS) is 22.7. The number of sulfonamides is 1. The molecule has 3 aliphatic carbocycles. The van der Waals surface area contributed by atoms with Crippen LogP contribution in [-0.2, 0) is 16.2 Å². The number of nitrogens with one attached hydrogen (secondary N) is 1. The zero-order chi connectivity index (χ0) is 28.4. The number of alkyl halides is 3. The maximum Gasteiger partial charge on any atom is 0.416 e. The highest BCUT2D eigenvalue weighted by Crippen LogP contribution is 2.48. The fourth-order valence-electron chi connectivity index (χ4n) is 6.03. The molecule has 0 saturated heterocycles. The molecule has 0 amide bonds. The Morgan fingerprint density at radius 1 is 1.07 bits per heavy atom. The molecule has 1 saturated carbocycles. The molecule has 0 bridgehead atoms. The first-order chi connectivity index (χ1) is 18.9. The smallest absolute Gasteiger partial charge is 0.301 e. The van der Waals surface area contributed by atoms with Gasteiger partial charge in [-0.15, -0.1) is 0 Å². The van der Waals surface area contributed by atoms with Gasteiger partial charge in [-0.25, -0.2) is 12.8 Å². The summed E-state index contributed by atoms with van der Waals surface area (Å²) >= 11 is 6.18. The van der Waals surface area contributed by atoms with E-state index >= 15 is 0 Å². The minimum Gasteiger partial charge on any atom is -0.301 e. The fraction of sp³-hybridized carbons (Fsp3) is 0.379. The number of hydrogen-bond donors (Lipinski definition) is 1. The number of allylic oxidation sites excluding steroid dienone is 3. The van der Waals surface area contributed by atoms with Crippen LogP contribution in [0.1, 0.15) is 38.2 Å². The van der Waals surface area contributed by atoms with Gasteiger partial charge in [-0.05, 0) is 91.6 Å². The summed E-state index contributed by atoms with van der Waals surface area (Å²) in [4.78, 5) is -0.506. The van der Waals surface area contributed by atoms with Crippen molar-refractivity contribution in [1.82, 2.24) is 9.73 Å². The summed E-state index contributed by atoms with van der Waals surface area (Å²) in [5.74, 6) is -0.205. The number of fused-ring (bicyclic) bond motifs is 1. The van der Waals surface area contributed by atoms with Crippen LogP contribution in [-0.4, -0.2) is 25.8 Å². The largest absolute Gasteiger partial charge is 0.416 e. The van der Waals surface area contributed by atoms with E-state index in [0.29, 0.717) is 6.07 Å². The maximum atomic E-state index is 13.8. The van der Waals surface area contributed by atoms with Gasteiger partial charge < -0.3 is 5.43 Å². The van der Waals surface area contributed by atoms with Crippen LogP contribution in [0.3, 0.4) is 0 Å². The molecule has 4 aliphatic rings. The van der Waals surface area contributed by atoms with Crippen molar-refractivity contribution in [2.75, 3.05) is 18.1 Å². The second-order valence-electron chi connectivity index (χ2n) is 10.9. The minimum absolute atomic E-state index is 0.00285. The molecule has 212 valence electrons. The third kappa shape index (κ3) is 4.94. The Morgan fingerprint density at radius 3 is 2.48 bits per heavy atom. The van der Waals surface area contributed by atoms with Crippen molar-refractivity contribution in [2.45, 2.75) is 43.7 Å². The monoisotopic (exact) mass is 593 g/mol. The second-order valence-corrected chi connectivity index (χ2v) is 13.2. The van der Waals surface area contributed by atoms with Crippen LogP contribution < -0.4 is 10.4 Å². The summed E-state index contributed by atoms with van der Waals surface area (Å²) in [6, 6.07) is 8.66. The Kier molecular flexibility index (Phi) is 6.79. The third-order valence-electron chi connectivity index (χ3n) is 8.25. The average Bonchev–Trinajstić information content (AvgIpc) is 3.47. The van der Waals surface area contributed by atoms with Crippen molar-refractivity contribution in [3.05, 3.63) is 93.6 Å². The van der Waals surface area contributed by atoms with Crippen molar-refractivity contribution in [1.29, 1.82) is 0 Å². The van der Waals surface area contributed by atoms with E-state index in [1.54, 1.807) is 12.1 Å². The van der Waals surface area contributed by atoms with Crippen LogP contribution in [0, 0.1) is 23.6 Å². The topological polar surface area (TPSA) is 52.6 Å². The molecule has 0 unspecified atom stereocenters. The minimum atomic E-state index is -4.69. The molecular weight excluding hydrogens is 566 g/mol. The lowest BCUT2D eigenvalue weighted by atomic mass is 9.80. The molecule has 6 rings (SSSR count). The van der Waals surface area contributed by atoms with E-state index in [4.69, 9.17) is 11.6 Å². The number of benzene rings is 2. The Balaban J connectivity index is 1.31. The second kappa shape index (κ2) is 9.92. The molecule has 5 nitrogen and oxygen atoms in total. The van der Waals surface area contributed by atoms with E-state index in [-0.39, 0.29) is 41.7 Å². The van der Waals surface area contributed by atoms with Crippen LogP contribution >= 0.6 is 11.6 Å². The van der Waals surface area contributed by atoms with Crippen molar-refractivity contribution in [2.24, 2.45) is 17.8 Å². The van der Waals surface area contributed by atoms with E-state index in [0.717, 1.165) is 65.9 Å². The van der Waals surface area contributed by atoms with Gasteiger partial charge in [-0.3, -0.25) is 5.01 Å². The molecule has 2 atom stereocenters. The van der Waals surface area contributed by atoms with Crippen molar-refractivity contribution in [3.63, 3.8) is 0 Å². The summed E-state index contributed by atoms with van der Waals surface area (Å²) < 4.78 is 82.8. The summed E-state index contributed by atoms with van der Waals surface area (Å²) in [7, 11) is -4.28. The summed E-state index contributed by atoms with van der Waals surface area (Å²) in [5, 5.41) is 1.68. The lowest BCUT2D eigenvalue weighted by molar-refractivity contribution is -0.137. The Labute approximate surface area is 235 Å². The highest BCUT2D eigenvalue weighted by atomic mass is 35.5. The van der Waals surface area contributed by atoms with Gasteiger partial charge in [0.2, 0.25) is 10.0 Å². The number of rotatable bonds is 7. The lowest BCUT2D eigenvalue weighted by Gasteiger charge is -2.32. The average molecular weight is 594 g/mol. The van der Waals surface area contributed by atoms with Gasteiger partial charge in [0.05, 0.1) is 22.0 Å². The maximum absolute atomic E-state index is 13.8. The van der Waals surface area contributed by atoms with E-state index in [1.165, 1.54) is 16.4 Å². The zero-order valence-corrected chi connectivity index (χ0v) is 23.3. The predicted molar refractivity (Wildman–Crippen MR) is 145 cm³/mol. The molecule has 1 heterocycles. The highest BCUT2D eigenvalue weighted by molar-refractivity contribution is 7.89. The molecule has 1 fully saturated rings. The summed E-state index contributed by atoms with van der Waals surface area (Å²) in [6.07, 6.45) is 2.62. The molecule has 11 heteroatoms. The van der Waals surface area contributed by atoms with Gasteiger partial charge in [0.25, 0.3) is 0 Å². The van der Waals surface area contributed by atoms with E-state index in [9.17, 15) is 26.0 Å². The molecule has 40 heavy (non-hydrogen) atoms. The Morgan fingerprint density at radius 2 is 1.80 bits per heavy atom. The van der Waals surface area contributed by atoms with Crippen molar-refractivity contribution < 1.29 is 26.0 Å². The fourth-order valence-corrected chi connectivity index (χ4v) is 8.09. The number of nitrogens with zero attached hydrogens (tertiary/aromatic N) is 2. The van der Waals surface area contributed by atoms with Crippen LogP contribution in [0.4, 0.5) is 23.2 Å². The van der Waals surface area contributed by atoms with E-state index < -0.39 is 26.7 Å². The SMILES string of the molecule is C[C@H]1C2=CNN(c3ccc(F)cc3)C2=CC2=C1[C@@H](CN(CC1CC1)S(=O)(=O)c1cc(C(F)(F)F)ccc1Cl)CC2. The van der Waals surface area contributed by atoms with Crippen LogP contribution in [0.15, 0.2) is 82.1 Å². The Hall–Kier alpha value is -2.82. The molecule has 2 aromatic carbocycles. The molecule has 1 aliphatic heterocycles. The van der Waals surface area contributed by atoms with Crippen molar-refractivity contribution in [3.8, 4) is 0 Å². The van der Waals surface area contributed by atoms with Crippen LogP contribution in [0.5, 0.6) is 0 Å². The third-order valence-corrected chi connectivity index (χ3v) is 10.6. The van der Waals surface area contributed by atoms with Crippen LogP contribution in [0.25, 0.3) is 0 Å². The summed E-state index contributed by atoms with van der Waals surface area (Å²) in [6.45, 7) is 2.53. The zero-order valence-electron chi connectivity index (χ0n) is 21.7. The standard InChI is InChI=1S/C29H28ClF4N3O2S/c1-17-24-14-35-37(23-9-7-22(31)8-10-23)26(24)12-19-4-5-20(28(17)19)16-36(15-18-2-3-18)40(38,39)27-13-21(29(32,33)34)6-11-25(27)30/h6-14,17-18,20,35H,2-5,15-16H2,1H3/t17-,20+/m0/s1. The molecular formula is C29H28ClF4N3O2S. The molecule has 2 aromatic rings.